The van der Waals surface area contributed by atoms with Crippen molar-refractivity contribution < 1.29 is 9.63 Å². The first-order chi connectivity index (χ1) is 2.91. The summed E-state index contributed by atoms with van der Waals surface area (Å²) in [6, 6.07) is 0. The molecule has 0 aliphatic heterocycles. The minimum absolute atomic E-state index is 0.288. The predicted molar refractivity (Wildman–Crippen MR) is 19.3 cm³/mol. The van der Waals surface area contributed by atoms with Gasteiger partial charge >= 0.3 is 6.47 Å². The van der Waals surface area contributed by atoms with Gasteiger partial charge in [0.1, 0.15) is 0 Å². The molecule has 0 heterocycles. The first-order valence-corrected chi connectivity index (χ1v) is 1.43. The number of carbonyl (C=O) groups excluding carboxylic acids is 1. The van der Waals surface area contributed by atoms with E-state index in [-0.39, 0.29) is 6.47 Å². The number of nitrogens with one attached hydrogen (secondary N) is 2. The molecule has 0 saturated carbocycles. The van der Waals surface area contributed by atoms with Crippen molar-refractivity contribution in [3.8, 4) is 0 Å². The van der Waals surface area contributed by atoms with Gasteiger partial charge in [0.15, 0.2) is 0 Å². The molecule has 0 bridgehead atoms. The third-order valence-electron chi connectivity index (χ3n) is 0.209. The van der Waals surface area contributed by atoms with E-state index >= 15 is 0 Å². The van der Waals surface area contributed by atoms with Crippen LogP contribution in [0.5, 0.6) is 0 Å². The van der Waals surface area contributed by atoms with E-state index < -0.39 is 0 Å². The summed E-state index contributed by atoms with van der Waals surface area (Å²) in [5.41, 5.74) is 4.44. The Morgan fingerprint density at radius 3 is 2.67 bits per heavy atom. The largest absolute Gasteiger partial charge is 0.359 e. The van der Waals surface area contributed by atoms with Crippen LogP contribution in [0.4, 0.5) is 0 Å². The average molecular weight is 90.1 g/mol. The van der Waals surface area contributed by atoms with Crippen molar-refractivity contribution in [1.29, 1.82) is 0 Å². The minimum atomic E-state index is 0.288. The van der Waals surface area contributed by atoms with Crippen molar-refractivity contribution >= 4 is 6.47 Å². The Morgan fingerprint density at radius 2 is 2.50 bits per heavy atom. The summed E-state index contributed by atoms with van der Waals surface area (Å²) in [6.07, 6.45) is 0. The Kier molecular flexibility index (Phi) is 3.94. The van der Waals surface area contributed by atoms with Crippen LogP contribution in [-0.2, 0) is 9.63 Å². The molecule has 0 aliphatic carbocycles. The highest BCUT2D eigenvalue weighted by atomic mass is 16.7. The third kappa shape index (κ3) is 3.39. The van der Waals surface area contributed by atoms with Crippen molar-refractivity contribution in [3.63, 3.8) is 0 Å². The van der Waals surface area contributed by atoms with E-state index in [2.05, 4.69) is 15.9 Å². The van der Waals surface area contributed by atoms with Crippen molar-refractivity contribution in [3.05, 3.63) is 0 Å². The van der Waals surface area contributed by atoms with Gasteiger partial charge in [0.25, 0.3) is 0 Å². The van der Waals surface area contributed by atoms with Gasteiger partial charge in [-0.15, -0.1) is 0 Å². The first-order valence-electron chi connectivity index (χ1n) is 1.43. The second kappa shape index (κ2) is 4.39. The van der Waals surface area contributed by atoms with Gasteiger partial charge in [-0.2, -0.15) is 0 Å². The molecular weight excluding hydrogens is 84.0 g/mol. The zero-order chi connectivity index (χ0) is 4.83. The van der Waals surface area contributed by atoms with Gasteiger partial charge in [-0.05, 0) is 0 Å². The molecule has 4 heteroatoms. The molecule has 0 aliphatic rings. The highest BCUT2D eigenvalue weighted by Crippen LogP contribution is 1.39. The summed E-state index contributed by atoms with van der Waals surface area (Å²) in [5.74, 6) is 0. The second-order valence-electron chi connectivity index (χ2n) is 0.566. The molecule has 0 radical (unpaired) electrons. The molecule has 0 rings (SSSR count). The van der Waals surface area contributed by atoms with Gasteiger partial charge in [0, 0.05) is 7.05 Å². The Hall–Kier alpha value is -0.610. The topological polar surface area (TPSA) is 50.4 Å². The van der Waals surface area contributed by atoms with Gasteiger partial charge in [-0.1, -0.05) is 5.59 Å². The van der Waals surface area contributed by atoms with Crippen molar-refractivity contribution in [2.45, 2.75) is 0 Å². The lowest BCUT2D eigenvalue weighted by molar-refractivity contribution is -0.137. The molecule has 2 N–H and O–H groups in total. The molecule has 4 nitrogen and oxygen atoms in total. The fraction of sp³-hybridized carbons (Fsp3) is 0.500. The lowest BCUT2D eigenvalue weighted by atomic mass is 11.5. The van der Waals surface area contributed by atoms with Crippen LogP contribution in [0.25, 0.3) is 0 Å². The van der Waals surface area contributed by atoms with E-state index in [0.717, 1.165) is 0 Å². The molecule has 0 unspecified atom stereocenters. The summed E-state index contributed by atoms with van der Waals surface area (Å²) in [7, 11) is 1.59. The molecule has 0 aromatic rings. The van der Waals surface area contributed by atoms with Crippen LogP contribution in [0.2, 0.25) is 0 Å². The van der Waals surface area contributed by atoms with E-state index in [1.165, 1.54) is 0 Å². The van der Waals surface area contributed by atoms with Gasteiger partial charge < -0.3 is 4.84 Å². The fourth-order valence-electron chi connectivity index (χ4n) is 0.0830. The van der Waals surface area contributed by atoms with E-state index in [4.69, 9.17) is 0 Å². The van der Waals surface area contributed by atoms with Gasteiger partial charge in [-0.3, -0.25) is 4.79 Å². The maximum Gasteiger partial charge on any atom is 0.314 e. The Bertz CT molecular complexity index is 38.5. The molecule has 0 aromatic carbocycles. The molecule has 0 spiro atoms. The van der Waals surface area contributed by atoms with Gasteiger partial charge in [-0.25, -0.2) is 5.43 Å². The van der Waals surface area contributed by atoms with Crippen LogP contribution in [0, 0.1) is 0 Å². The monoisotopic (exact) mass is 90.0 g/mol. The zero-order valence-corrected chi connectivity index (χ0v) is 3.39. The van der Waals surface area contributed by atoms with Crippen LogP contribution < -0.4 is 11.0 Å². The number of hydrazine groups is 1. The highest BCUT2D eigenvalue weighted by Gasteiger charge is 1.65. The maximum absolute atomic E-state index is 9.24. The summed E-state index contributed by atoms with van der Waals surface area (Å²) >= 11 is 0. The average Bonchev–Trinajstić information content (AvgIpc) is 1.61. The SMILES string of the molecule is CNNOC=O. The van der Waals surface area contributed by atoms with E-state index in [1.807, 2.05) is 0 Å². The summed E-state index contributed by atoms with van der Waals surface area (Å²) in [6.45, 7) is 0.288. The standard InChI is InChI=1S/C2H6N2O2/c1-3-4-6-2-5/h2-4H,1H3. The first kappa shape index (κ1) is 5.39. The number of rotatable bonds is 3. The molecule has 0 amide bonds. The normalized spacial score (nSPS) is 7.50. The van der Waals surface area contributed by atoms with Crippen LogP contribution in [0.1, 0.15) is 0 Å². The Balaban J connectivity index is 2.49. The van der Waals surface area contributed by atoms with Crippen molar-refractivity contribution in [1.82, 2.24) is 11.0 Å². The molecule has 6 heavy (non-hydrogen) atoms. The molecular formula is C2H6N2O2. The minimum Gasteiger partial charge on any atom is -0.359 e. The lowest BCUT2D eigenvalue weighted by Gasteiger charge is -1.91. The zero-order valence-electron chi connectivity index (χ0n) is 3.39. The van der Waals surface area contributed by atoms with Crippen LogP contribution in [0.3, 0.4) is 0 Å². The van der Waals surface area contributed by atoms with E-state index in [1.54, 1.807) is 7.05 Å². The maximum atomic E-state index is 9.24. The highest BCUT2D eigenvalue weighted by molar-refractivity contribution is 5.36. The summed E-state index contributed by atoms with van der Waals surface area (Å²) in [4.78, 5) is 13.2. The number of hydrogen-bond donors (Lipinski definition) is 2. The Labute approximate surface area is 35.4 Å². The number of hydrogen-bond acceptors (Lipinski definition) is 4. The van der Waals surface area contributed by atoms with Gasteiger partial charge in [0.05, 0.1) is 0 Å². The predicted octanol–water partition coefficient (Wildman–Crippen LogP) is -1.20. The third-order valence-corrected chi connectivity index (χ3v) is 0.209. The van der Waals surface area contributed by atoms with E-state index in [9.17, 15) is 4.79 Å². The van der Waals surface area contributed by atoms with E-state index in [0.29, 0.717) is 0 Å². The van der Waals surface area contributed by atoms with Crippen LogP contribution in [0.15, 0.2) is 0 Å². The van der Waals surface area contributed by atoms with Gasteiger partial charge in [0.2, 0.25) is 0 Å². The quantitative estimate of drug-likeness (QED) is 0.259. The van der Waals surface area contributed by atoms with Crippen molar-refractivity contribution in [2.24, 2.45) is 0 Å². The molecule has 0 aromatic heterocycles. The summed E-state index contributed by atoms with van der Waals surface area (Å²) in [5, 5.41) is 0. The summed E-state index contributed by atoms with van der Waals surface area (Å²) < 4.78 is 0. The van der Waals surface area contributed by atoms with Crippen molar-refractivity contribution in [2.75, 3.05) is 7.05 Å². The molecule has 0 fully saturated rings. The smallest absolute Gasteiger partial charge is 0.314 e. The fourth-order valence-corrected chi connectivity index (χ4v) is 0.0830. The lowest BCUT2D eigenvalue weighted by Crippen LogP contribution is -2.26. The number of carbonyl (C=O) groups is 1. The van der Waals surface area contributed by atoms with Crippen LogP contribution >= 0.6 is 0 Å². The van der Waals surface area contributed by atoms with Crippen LogP contribution in [-0.4, -0.2) is 13.5 Å². The molecule has 36 valence electrons. The second-order valence-corrected chi connectivity index (χ2v) is 0.566. The Morgan fingerprint density at radius 1 is 1.83 bits per heavy atom. The molecule has 0 saturated heterocycles. The molecule has 0 atom stereocenters.